The third-order valence-electron chi connectivity index (χ3n) is 4.17. The molecule has 4 nitrogen and oxygen atoms in total. The zero-order valence-corrected chi connectivity index (χ0v) is 13.6. The molecule has 1 aliphatic rings. The smallest absolute Gasteiger partial charge is 0.119 e. The van der Waals surface area contributed by atoms with Gasteiger partial charge in [0, 0.05) is 45.3 Å². The first-order valence-corrected chi connectivity index (χ1v) is 8.06. The first kappa shape index (κ1) is 16.3. The molecule has 1 saturated heterocycles. The standard InChI is InChI=1S/C17H29N3O/c1-4-21-17-7-5-16(6-8-17)15(2)18-9-10-20-13-11-19(3)12-14-20/h5-8,15,18H,4,9-14H2,1-3H3. The average Bonchev–Trinajstić information content (AvgIpc) is 2.50. The molecule has 0 bridgehead atoms. The Hall–Kier alpha value is -1.10. The van der Waals surface area contributed by atoms with Gasteiger partial charge in [0.05, 0.1) is 6.61 Å². The van der Waals surface area contributed by atoms with Crippen molar-refractivity contribution in [2.45, 2.75) is 19.9 Å². The highest BCUT2D eigenvalue weighted by atomic mass is 16.5. The van der Waals surface area contributed by atoms with Gasteiger partial charge in [-0.1, -0.05) is 12.1 Å². The second kappa shape index (κ2) is 8.37. The summed E-state index contributed by atoms with van der Waals surface area (Å²) in [6, 6.07) is 8.79. The van der Waals surface area contributed by atoms with Crippen molar-refractivity contribution < 1.29 is 4.74 Å². The molecule has 0 radical (unpaired) electrons. The molecule has 1 unspecified atom stereocenters. The number of nitrogens with one attached hydrogen (secondary N) is 1. The van der Waals surface area contributed by atoms with Crippen LogP contribution in [0.15, 0.2) is 24.3 Å². The highest BCUT2D eigenvalue weighted by molar-refractivity contribution is 5.28. The van der Waals surface area contributed by atoms with E-state index in [1.54, 1.807) is 0 Å². The molecular weight excluding hydrogens is 262 g/mol. The summed E-state index contributed by atoms with van der Waals surface area (Å²) in [4.78, 5) is 4.93. The van der Waals surface area contributed by atoms with E-state index in [1.807, 2.05) is 6.92 Å². The SMILES string of the molecule is CCOc1ccc(C(C)NCCN2CCN(C)CC2)cc1. The van der Waals surface area contributed by atoms with E-state index in [1.165, 1.54) is 31.7 Å². The minimum atomic E-state index is 0.383. The molecule has 0 saturated carbocycles. The van der Waals surface area contributed by atoms with E-state index in [0.29, 0.717) is 6.04 Å². The van der Waals surface area contributed by atoms with E-state index >= 15 is 0 Å². The van der Waals surface area contributed by atoms with Gasteiger partial charge in [0.25, 0.3) is 0 Å². The molecule has 0 spiro atoms. The fraction of sp³-hybridized carbons (Fsp3) is 0.647. The number of benzene rings is 1. The second-order valence-corrected chi connectivity index (χ2v) is 5.82. The van der Waals surface area contributed by atoms with Gasteiger partial charge in [-0.3, -0.25) is 4.90 Å². The van der Waals surface area contributed by atoms with Gasteiger partial charge in [0.15, 0.2) is 0 Å². The van der Waals surface area contributed by atoms with Crippen LogP contribution in [0.3, 0.4) is 0 Å². The van der Waals surface area contributed by atoms with E-state index in [4.69, 9.17) is 4.74 Å². The minimum Gasteiger partial charge on any atom is -0.494 e. The first-order chi connectivity index (χ1) is 10.2. The van der Waals surface area contributed by atoms with Crippen LogP contribution in [-0.2, 0) is 0 Å². The van der Waals surface area contributed by atoms with Crippen LogP contribution >= 0.6 is 0 Å². The van der Waals surface area contributed by atoms with Crippen LogP contribution in [-0.4, -0.2) is 62.7 Å². The van der Waals surface area contributed by atoms with E-state index < -0.39 is 0 Å². The number of rotatable bonds is 7. The van der Waals surface area contributed by atoms with Gasteiger partial charge in [-0.2, -0.15) is 0 Å². The van der Waals surface area contributed by atoms with Crippen LogP contribution < -0.4 is 10.1 Å². The zero-order chi connectivity index (χ0) is 15.1. The molecular formula is C17H29N3O. The summed E-state index contributed by atoms with van der Waals surface area (Å²) in [7, 11) is 2.20. The number of likely N-dealkylation sites (N-methyl/N-ethyl adjacent to an activating group) is 1. The van der Waals surface area contributed by atoms with Crippen molar-refractivity contribution in [2.75, 3.05) is 52.9 Å². The van der Waals surface area contributed by atoms with Crippen LogP contribution in [0.1, 0.15) is 25.5 Å². The second-order valence-electron chi connectivity index (χ2n) is 5.82. The van der Waals surface area contributed by atoms with Crippen LogP contribution in [0, 0.1) is 0 Å². The number of hydrogen-bond acceptors (Lipinski definition) is 4. The molecule has 0 amide bonds. The summed E-state index contributed by atoms with van der Waals surface area (Å²) in [6.45, 7) is 11.9. The summed E-state index contributed by atoms with van der Waals surface area (Å²) < 4.78 is 5.48. The Labute approximate surface area is 129 Å². The largest absolute Gasteiger partial charge is 0.494 e. The molecule has 0 aliphatic carbocycles. The Kier molecular flexibility index (Phi) is 6.49. The molecule has 1 aromatic rings. The maximum Gasteiger partial charge on any atom is 0.119 e. The molecule has 1 heterocycles. The third-order valence-corrected chi connectivity index (χ3v) is 4.17. The van der Waals surface area contributed by atoms with Crippen molar-refractivity contribution >= 4 is 0 Å². The van der Waals surface area contributed by atoms with Gasteiger partial charge in [0.1, 0.15) is 5.75 Å². The molecule has 1 atom stereocenters. The predicted molar refractivity (Wildman–Crippen MR) is 88.0 cm³/mol. The fourth-order valence-corrected chi connectivity index (χ4v) is 2.65. The van der Waals surface area contributed by atoms with Crippen LogP contribution in [0.5, 0.6) is 5.75 Å². The molecule has 2 rings (SSSR count). The fourth-order valence-electron chi connectivity index (χ4n) is 2.65. The summed E-state index contributed by atoms with van der Waals surface area (Å²) in [5.41, 5.74) is 1.32. The summed E-state index contributed by atoms with van der Waals surface area (Å²) >= 11 is 0. The summed E-state index contributed by atoms with van der Waals surface area (Å²) in [5, 5.41) is 3.61. The molecule has 1 N–H and O–H groups in total. The van der Waals surface area contributed by atoms with E-state index in [-0.39, 0.29) is 0 Å². The first-order valence-electron chi connectivity index (χ1n) is 8.06. The topological polar surface area (TPSA) is 27.7 Å². The van der Waals surface area contributed by atoms with Crippen molar-refractivity contribution in [1.82, 2.24) is 15.1 Å². The van der Waals surface area contributed by atoms with Crippen molar-refractivity contribution in [3.8, 4) is 5.75 Å². The highest BCUT2D eigenvalue weighted by Gasteiger charge is 2.13. The zero-order valence-electron chi connectivity index (χ0n) is 13.6. The lowest BCUT2D eigenvalue weighted by Gasteiger charge is -2.32. The van der Waals surface area contributed by atoms with Crippen molar-refractivity contribution in [3.05, 3.63) is 29.8 Å². The highest BCUT2D eigenvalue weighted by Crippen LogP contribution is 2.17. The van der Waals surface area contributed by atoms with Crippen molar-refractivity contribution in [3.63, 3.8) is 0 Å². The van der Waals surface area contributed by atoms with E-state index in [0.717, 1.165) is 25.4 Å². The molecule has 1 aromatic carbocycles. The maximum atomic E-state index is 5.48. The Morgan fingerprint density at radius 2 is 1.81 bits per heavy atom. The normalized spacial score (nSPS) is 18.6. The molecule has 4 heteroatoms. The molecule has 0 aromatic heterocycles. The lowest BCUT2D eigenvalue weighted by Crippen LogP contribution is -2.46. The molecule has 21 heavy (non-hydrogen) atoms. The monoisotopic (exact) mass is 291 g/mol. The van der Waals surface area contributed by atoms with E-state index in [9.17, 15) is 0 Å². The summed E-state index contributed by atoms with van der Waals surface area (Å²) in [6.07, 6.45) is 0. The lowest BCUT2D eigenvalue weighted by atomic mass is 10.1. The van der Waals surface area contributed by atoms with Gasteiger partial charge in [-0.15, -0.1) is 0 Å². The van der Waals surface area contributed by atoms with Crippen LogP contribution in [0.4, 0.5) is 0 Å². The van der Waals surface area contributed by atoms with Gasteiger partial charge in [-0.05, 0) is 38.6 Å². The third kappa shape index (κ3) is 5.30. The lowest BCUT2D eigenvalue weighted by molar-refractivity contribution is 0.154. The van der Waals surface area contributed by atoms with Crippen molar-refractivity contribution in [1.29, 1.82) is 0 Å². The van der Waals surface area contributed by atoms with Crippen LogP contribution in [0.25, 0.3) is 0 Å². The maximum absolute atomic E-state index is 5.48. The number of nitrogens with zero attached hydrogens (tertiary/aromatic N) is 2. The summed E-state index contributed by atoms with van der Waals surface area (Å²) in [5.74, 6) is 0.950. The van der Waals surface area contributed by atoms with Gasteiger partial charge in [-0.25, -0.2) is 0 Å². The van der Waals surface area contributed by atoms with Gasteiger partial charge in [0.2, 0.25) is 0 Å². The molecule has 118 valence electrons. The Balaban J connectivity index is 1.70. The number of hydrogen-bond donors (Lipinski definition) is 1. The Morgan fingerprint density at radius 3 is 2.43 bits per heavy atom. The minimum absolute atomic E-state index is 0.383. The molecule has 1 fully saturated rings. The number of piperazine rings is 1. The molecule has 1 aliphatic heterocycles. The van der Waals surface area contributed by atoms with Gasteiger partial charge < -0.3 is 15.0 Å². The number of ether oxygens (including phenoxy) is 1. The predicted octanol–water partition coefficient (Wildman–Crippen LogP) is 1.98. The average molecular weight is 291 g/mol. The Morgan fingerprint density at radius 1 is 1.14 bits per heavy atom. The Bertz CT molecular complexity index is 399. The quantitative estimate of drug-likeness (QED) is 0.831. The van der Waals surface area contributed by atoms with Crippen molar-refractivity contribution in [2.24, 2.45) is 0 Å². The van der Waals surface area contributed by atoms with E-state index in [2.05, 4.69) is 53.4 Å². The van der Waals surface area contributed by atoms with Crippen LogP contribution in [0.2, 0.25) is 0 Å². The van der Waals surface area contributed by atoms with Gasteiger partial charge >= 0.3 is 0 Å².